The lowest BCUT2D eigenvalue weighted by molar-refractivity contribution is -0.153. The van der Waals surface area contributed by atoms with Crippen molar-refractivity contribution in [1.29, 1.82) is 0 Å². The van der Waals surface area contributed by atoms with Crippen LogP contribution in [0.3, 0.4) is 0 Å². The van der Waals surface area contributed by atoms with Crippen LogP contribution in [-0.2, 0) is 43.8 Å². The maximum absolute atomic E-state index is 13.2. The standard InChI is InChI=1S/C24H36N4O6S2.C21H27N5O3/c1-6-16-21(30)28-20(14(4)5)24(33)34-15-9-7-8-10-35-36-12-17(22(31)25-16)26-23(32)19(13(2)3)27-18(29)11-15;1-21(2,28)17-9-4-13(10-22-17)16-11-23-19-20(25-16)26(18(27)12-24-19)14-5-7-15(29-3)8-6-14/h6-7,9,13-15,17,19-20H,8,10-12H2,1-5H3,(H,25,31)(H,26,32)(H,27,29)(H,28,30);4,9-11,14-15,28H,5-8,12H2,1-3H3,(H,23,24)/b9-7+,16-6-;/t15-,17-,19-,20+;/m1./s1. The summed E-state index contributed by atoms with van der Waals surface area (Å²) in [5.41, 5.74) is 0.964. The molecule has 2 aromatic rings. The predicted octanol–water partition coefficient (Wildman–Crippen LogP) is 3.91. The van der Waals surface area contributed by atoms with Gasteiger partial charge in [0.05, 0.1) is 36.7 Å². The number of nitrogens with zero attached hydrogens (tertiary/aromatic N) is 4. The van der Waals surface area contributed by atoms with Crippen molar-refractivity contribution < 1.29 is 43.3 Å². The van der Waals surface area contributed by atoms with Crippen LogP contribution in [-0.4, -0.2) is 117 Å². The van der Waals surface area contributed by atoms with E-state index in [1.54, 1.807) is 80.1 Å². The predicted molar refractivity (Wildman–Crippen MR) is 250 cm³/mol. The normalized spacial score (nSPS) is 26.3. The summed E-state index contributed by atoms with van der Waals surface area (Å²) in [5, 5.41) is 23.8. The van der Waals surface area contributed by atoms with Gasteiger partial charge in [0.2, 0.25) is 23.6 Å². The first-order chi connectivity index (χ1) is 30.9. The molecule has 18 nitrogen and oxygen atoms in total. The van der Waals surface area contributed by atoms with Crippen molar-refractivity contribution in [2.24, 2.45) is 11.8 Å². The van der Waals surface area contributed by atoms with Gasteiger partial charge in [0, 0.05) is 36.4 Å². The number of allylic oxidation sites excluding steroid dienone is 2. The van der Waals surface area contributed by atoms with Crippen molar-refractivity contribution in [3.05, 3.63) is 54.1 Å². The van der Waals surface area contributed by atoms with Crippen molar-refractivity contribution >= 4 is 68.7 Å². The molecule has 0 unspecified atom stereocenters. The fourth-order valence-electron chi connectivity index (χ4n) is 7.50. The molecular weight excluding hydrogens is 875 g/mol. The number of anilines is 2. The Hall–Kier alpha value is -5.05. The van der Waals surface area contributed by atoms with Gasteiger partial charge in [0.1, 0.15) is 35.5 Å². The van der Waals surface area contributed by atoms with Crippen molar-refractivity contribution in [1.82, 2.24) is 36.2 Å². The first-order valence-corrected chi connectivity index (χ1v) is 24.5. The third kappa shape index (κ3) is 14.0. The minimum absolute atomic E-state index is 0.0142. The third-order valence-corrected chi connectivity index (χ3v) is 13.7. The molecule has 6 rings (SSSR count). The summed E-state index contributed by atoms with van der Waals surface area (Å²) in [5.74, 6) is -1.33. The fraction of sp³-hybridized carbons (Fsp3) is 0.578. The van der Waals surface area contributed by atoms with Crippen LogP contribution in [0.15, 0.2) is 48.5 Å². The van der Waals surface area contributed by atoms with Crippen LogP contribution in [0.4, 0.5) is 11.6 Å². The molecule has 4 aliphatic rings. The van der Waals surface area contributed by atoms with Crippen LogP contribution in [0, 0.1) is 11.8 Å². The molecule has 5 amide bonds. The number of amides is 5. The number of carbonyl (C=O) groups excluding carboxylic acids is 6. The highest BCUT2D eigenvalue weighted by Crippen LogP contribution is 2.35. The van der Waals surface area contributed by atoms with Gasteiger partial charge >= 0.3 is 5.97 Å². The van der Waals surface area contributed by atoms with Gasteiger partial charge in [-0.2, -0.15) is 0 Å². The maximum Gasteiger partial charge on any atom is 0.329 e. The maximum atomic E-state index is 13.2. The number of aliphatic hydroxyl groups is 1. The van der Waals surface area contributed by atoms with E-state index in [9.17, 15) is 33.9 Å². The molecule has 354 valence electrons. The molecule has 0 spiro atoms. The molecule has 4 atom stereocenters. The van der Waals surface area contributed by atoms with Crippen molar-refractivity contribution in [3.8, 4) is 11.3 Å². The zero-order chi connectivity index (χ0) is 47.4. The lowest BCUT2D eigenvalue weighted by Crippen LogP contribution is -2.57. The molecule has 5 heterocycles. The largest absolute Gasteiger partial charge is 0.456 e. The summed E-state index contributed by atoms with van der Waals surface area (Å²) >= 11 is 0. The number of aromatic nitrogens is 3. The number of ether oxygens (including phenoxy) is 2. The van der Waals surface area contributed by atoms with E-state index in [2.05, 4.69) is 36.6 Å². The number of nitrogens with one attached hydrogen (secondary N) is 5. The van der Waals surface area contributed by atoms with E-state index >= 15 is 0 Å². The van der Waals surface area contributed by atoms with Gasteiger partial charge in [-0.05, 0) is 82.9 Å². The summed E-state index contributed by atoms with van der Waals surface area (Å²) in [6.45, 7) is 12.3. The zero-order valence-electron chi connectivity index (χ0n) is 38.3. The van der Waals surface area contributed by atoms with Crippen LogP contribution >= 0.6 is 21.6 Å². The number of carbonyl (C=O) groups is 6. The first kappa shape index (κ1) is 50.9. The molecule has 0 aromatic carbocycles. The third-order valence-electron chi connectivity index (χ3n) is 11.3. The van der Waals surface area contributed by atoms with Crippen molar-refractivity contribution in [2.45, 2.75) is 129 Å². The highest BCUT2D eigenvalue weighted by atomic mass is 33.1. The van der Waals surface area contributed by atoms with Crippen LogP contribution in [0.25, 0.3) is 11.3 Å². The Morgan fingerprint density at radius 2 is 1.65 bits per heavy atom. The molecule has 1 saturated heterocycles. The molecule has 2 fully saturated rings. The molecule has 2 bridgehead atoms. The van der Waals surface area contributed by atoms with E-state index in [1.165, 1.54) is 27.7 Å². The topological polar surface area (TPSA) is 243 Å². The van der Waals surface area contributed by atoms with Crippen LogP contribution in [0.1, 0.15) is 92.7 Å². The zero-order valence-corrected chi connectivity index (χ0v) is 40.0. The second-order valence-electron chi connectivity index (χ2n) is 17.4. The molecular formula is C45H63N9O9S2. The minimum Gasteiger partial charge on any atom is -0.456 e. The van der Waals surface area contributed by atoms with Crippen LogP contribution < -0.4 is 31.5 Å². The average Bonchev–Trinajstić information content (AvgIpc) is 3.27. The highest BCUT2D eigenvalue weighted by molar-refractivity contribution is 8.76. The summed E-state index contributed by atoms with van der Waals surface area (Å²) in [7, 11) is 4.69. The van der Waals surface area contributed by atoms with Gasteiger partial charge < -0.3 is 41.2 Å². The number of methoxy groups -OCH3 is 1. The van der Waals surface area contributed by atoms with Crippen molar-refractivity contribution in [2.75, 3.05) is 35.4 Å². The highest BCUT2D eigenvalue weighted by Gasteiger charge is 2.36. The number of fused-ring (bicyclic) bond motifs is 8. The van der Waals surface area contributed by atoms with E-state index in [0.29, 0.717) is 35.2 Å². The van der Waals surface area contributed by atoms with E-state index in [4.69, 9.17) is 14.5 Å². The molecule has 3 aliphatic heterocycles. The average molecular weight is 938 g/mol. The van der Waals surface area contributed by atoms with Gasteiger partial charge in [-0.3, -0.25) is 33.9 Å². The Morgan fingerprint density at radius 3 is 2.28 bits per heavy atom. The van der Waals surface area contributed by atoms with E-state index < -0.39 is 59.4 Å². The Bertz CT molecular complexity index is 2090. The van der Waals surface area contributed by atoms with Crippen molar-refractivity contribution in [3.63, 3.8) is 0 Å². The van der Waals surface area contributed by atoms with Gasteiger partial charge in [-0.25, -0.2) is 14.8 Å². The Morgan fingerprint density at radius 1 is 0.923 bits per heavy atom. The van der Waals surface area contributed by atoms with Gasteiger partial charge in [-0.1, -0.05) is 61.4 Å². The summed E-state index contributed by atoms with van der Waals surface area (Å²) in [4.78, 5) is 93.4. The van der Waals surface area contributed by atoms with Gasteiger partial charge in [0.25, 0.3) is 5.91 Å². The Balaban J connectivity index is 0.000000249. The van der Waals surface area contributed by atoms with Gasteiger partial charge in [-0.15, -0.1) is 0 Å². The lowest BCUT2D eigenvalue weighted by atomic mass is 9.91. The Labute approximate surface area is 388 Å². The summed E-state index contributed by atoms with van der Waals surface area (Å²) < 4.78 is 11.1. The van der Waals surface area contributed by atoms with Crippen LogP contribution in [0.2, 0.25) is 0 Å². The smallest absolute Gasteiger partial charge is 0.329 e. The Kier molecular flexibility index (Phi) is 18.4. The quantitative estimate of drug-likeness (QED) is 0.104. The number of rotatable bonds is 6. The number of esters is 1. The summed E-state index contributed by atoms with van der Waals surface area (Å²) in [6.07, 6.45) is 11.8. The monoisotopic (exact) mass is 937 g/mol. The van der Waals surface area contributed by atoms with E-state index in [0.717, 1.165) is 31.2 Å². The lowest BCUT2D eigenvalue weighted by Gasteiger charge is -2.38. The molecule has 0 radical (unpaired) electrons. The molecule has 2 aromatic heterocycles. The first-order valence-electron chi connectivity index (χ1n) is 22.0. The van der Waals surface area contributed by atoms with E-state index in [1.807, 2.05) is 17.0 Å². The summed E-state index contributed by atoms with van der Waals surface area (Å²) in [6, 6.07) is 0.888. The number of pyridine rings is 1. The number of hydrogen-bond donors (Lipinski definition) is 6. The van der Waals surface area contributed by atoms with E-state index in [-0.39, 0.29) is 54.3 Å². The molecule has 20 heteroatoms. The van der Waals surface area contributed by atoms with Crippen LogP contribution in [0.5, 0.6) is 0 Å². The number of hydrogen-bond acceptors (Lipinski definition) is 15. The molecule has 1 aliphatic carbocycles. The van der Waals surface area contributed by atoms with Gasteiger partial charge in [0.15, 0.2) is 11.6 Å². The SMILES string of the molecule is C/C=C1\NC(=O)[C@H]2CSSCC/C=C/[C@H](CC(=O)N[C@H](C(C)C)C(=O)N2)OC(=O)[C@H](C(C)C)NC1=O.COC1CCC(N2C(=O)CNc3ncc(-c4ccc(C(C)(C)O)nc4)nc32)CC1. The molecule has 65 heavy (non-hydrogen) atoms. The fourth-order valence-corrected chi connectivity index (χ4v) is 9.65. The molecule has 1 saturated carbocycles. The molecule has 6 N–H and O–H groups in total. The second kappa shape index (κ2) is 23.4. The minimum atomic E-state index is -1.01. The second-order valence-corrected chi connectivity index (χ2v) is 20.1.